The van der Waals surface area contributed by atoms with Crippen LogP contribution in [0.3, 0.4) is 0 Å². The second-order valence-corrected chi connectivity index (χ2v) is 4.27. The van der Waals surface area contributed by atoms with Crippen LogP contribution < -0.4 is 10.5 Å². The molecule has 0 aliphatic heterocycles. The number of ether oxygens (including phenoxy) is 1. The third kappa shape index (κ3) is 4.59. The zero-order valence-corrected chi connectivity index (χ0v) is 10.6. The highest BCUT2D eigenvalue weighted by Crippen LogP contribution is 2.17. The molecule has 0 radical (unpaired) electrons. The van der Waals surface area contributed by atoms with Gasteiger partial charge in [-0.05, 0) is 30.5 Å². The summed E-state index contributed by atoms with van der Waals surface area (Å²) in [5, 5.41) is 17.8. The number of carboxylic acids is 2. The Morgan fingerprint density at radius 3 is 2.21 bits per heavy atom. The number of methoxy groups -OCH3 is 1. The van der Waals surface area contributed by atoms with Crippen LogP contribution in [0.4, 0.5) is 0 Å². The summed E-state index contributed by atoms with van der Waals surface area (Å²) in [6.07, 6.45) is 0.136. The molecular weight excluding hydrogens is 250 g/mol. The Balaban J connectivity index is 2.72. The fraction of sp³-hybridized carbons (Fsp3) is 0.385. The molecule has 6 heteroatoms. The van der Waals surface area contributed by atoms with Crippen molar-refractivity contribution >= 4 is 11.9 Å². The molecule has 1 rings (SSSR count). The fourth-order valence-electron chi connectivity index (χ4n) is 1.72. The molecule has 0 bridgehead atoms. The predicted octanol–water partition coefficient (Wildman–Crippen LogP) is 0.740. The molecule has 0 spiro atoms. The van der Waals surface area contributed by atoms with Gasteiger partial charge in [0.25, 0.3) is 0 Å². The summed E-state index contributed by atoms with van der Waals surface area (Å²) >= 11 is 0. The Labute approximate surface area is 110 Å². The maximum atomic E-state index is 11.1. The Hall–Kier alpha value is -2.08. The van der Waals surface area contributed by atoms with Crippen LogP contribution in [0.1, 0.15) is 12.0 Å². The number of hydrogen-bond acceptors (Lipinski definition) is 4. The van der Waals surface area contributed by atoms with E-state index in [2.05, 4.69) is 0 Å². The number of rotatable bonds is 7. The van der Waals surface area contributed by atoms with Crippen LogP contribution in [0.25, 0.3) is 0 Å². The maximum Gasteiger partial charge on any atom is 0.320 e. The lowest BCUT2D eigenvalue weighted by Crippen LogP contribution is -2.35. The lowest BCUT2D eigenvalue weighted by atomic mass is 9.93. The van der Waals surface area contributed by atoms with E-state index < -0.39 is 23.9 Å². The van der Waals surface area contributed by atoms with Crippen LogP contribution >= 0.6 is 0 Å². The summed E-state index contributed by atoms with van der Waals surface area (Å²) in [7, 11) is 1.54. The van der Waals surface area contributed by atoms with Crippen molar-refractivity contribution in [2.24, 2.45) is 11.7 Å². The Morgan fingerprint density at radius 1 is 1.21 bits per heavy atom. The minimum Gasteiger partial charge on any atom is -0.497 e. The van der Waals surface area contributed by atoms with E-state index in [1.165, 1.54) is 0 Å². The molecule has 1 unspecified atom stereocenters. The van der Waals surface area contributed by atoms with Crippen LogP contribution in [0.15, 0.2) is 24.3 Å². The lowest BCUT2D eigenvalue weighted by Gasteiger charge is -2.15. The largest absolute Gasteiger partial charge is 0.497 e. The smallest absolute Gasteiger partial charge is 0.320 e. The van der Waals surface area contributed by atoms with Crippen molar-refractivity contribution in [1.82, 2.24) is 0 Å². The zero-order chi connectivity index (χ0) is 14.4. The number of aliphatic carboxylic acids is 2. The van der Waals surface area contributed by atoms with Crippen LogP contribution in [-0.4, -0.2) is 35.3 Å². The maximum absolute atomic E-state index is 11.1. The van der Waals surface area contributed by atoms with Gasteiger partial charge in [-0.1, -0.05) is 12.1 Å². The molecule has 0 amide bonds. The van der Waals surface area contributed by atoms with E-state index in [0.29, 0.717) is 5.75 Å². The highest BCUT2D eigenvalue weighted by atomic mass is 16.5. The van der Waals surface area contributed by atoms with Crippen LogP contribution in [0.5, 0.6) is 5.75 Å². The molecule has 0 fully saturated rings. The summed E-state index contributed by atoms with van der Waals surface area (Å²) in [6, 6.07) is 5.79. The van der Waals surface area contributed by atoms with Gasteiger partial charge in [-0.15, -0.1) is 0 Å². The second-order valence-electron chi connectivity index (χ2n) is 4.27. The normalized spacial score (nSPS) is 13.6. The number of benzene rings is 1. The van der Waals surface area contributed by atoms with Crippen molar-refractivity contribution < 1.29 is 24.5 Å². The molecule has 0 aliphatic carbocycles. The van der Waals surface area contributed by atoms with Gasteiger partial charge in [0, 0.05) is 0 Å². The molecule has 6 nitrogen and oxygen atoms in total. The van der Waals surface area contributed by atoms with Crippen LogP contribution in [-0.2, 0) is 16.0 Å². The molecule has 0 aromatic heterocycles. The van der Waals surface area contributed by atoms with E-state index in [4.69, 9.17) is 20.7 Å². The Kier molecular flexibility index (Phi) is 5.32. The first-order chi connectivity index (χ1) is 8.93. The number of carbonyl (C=O) groups is 2. The van der Waals surface area contributed by atoms with Crippen LogP contribution in [0, 0.1) is 5.92 Å². The average molecular weight is 267 g/mol. The first-order valence-corrected chi connectivity index (χ1v) is 5.78. The zero-order valence-electron chi connectivity index (χ0n) is 10.6. The quantitative estimate of drug-likeness (QED) is 0.672. The molecule has 0 saturated carbocycles. The van der Waals surface area contributed by atoms with Crippen molar-refractivity contribution in [1.29, 1.82) is 0 Å². The summed E-state index contributed by atoms with van der Waals surface area (Å²) in [5.41, 5.74) is 6.17. The molecule has 0 saturated heterocycles. The van der Waals surface area contributed by atoms with Gasteiger partial charge in [0.15, 0.2) is 0 Å². The first-order valence-electron chi connectivity index (χ1n) is 5.78. The highest BCUT2D eigenvalue weighted by molar-refractivity contribution is 5.76. The molecule has 4 N–H and O–H groups in total. The minimum atomic E-state index is -1.19. The third-order valence-electron chi connectivity index (χ3n) is 2.85. The monoisotopic (exact) mass is 267 g/mol. The highest BCUT2D eigenvalue weighted by Gasteiger charge is 2.24. The van der Waals surface area contributed by atoms with Crippen molar-refractivity contribution in [2.75, 3.05) is 7.11 Å². The van der Waals surface area contributed by atoms with E-state index in [1.807, 2.05) is 0 Å². The summed E-state index contributed by atoms with van der Waals surface area (Å²) in [4.78, 5) is 21.8. The Morgan fingerprint density at radius 2 is 1.79 bits per heavy atom. The number of hydrogen-bond donors (Lipinski definition) is 3. The van der Waals surface area contributed by atoms with Gasteiger partial charge in [0.2, 0.25) is 0 Å². The SMILES string of the molecule is COc1ccc(CC(C[C@@H](N)C(=O)O)C(=O)O)cc1. The van der Waals surface area contributed by atoms with Gasteiger partial charge < -0.3 is 20.7 Å². The molecule has 1 aromatic carbocycles. The van der Waals surface area contributed by atoms with Gasteiger partial charge >= 0.3 is 11.9 Å². The van der Waals surface area contributed by atoms with E-state index >= 15 is 0 Å². The van der Waals surface area contributed by atoms with E-state index in [9.17, 15) is 9.59 Å². The first kappa shape index (κ1) is 15.0. The van der Waals surface area contributed by atoms with Gasteiger partial charge in [0.1, 0.15) is 11.8 Å². The van der Waals surface area contributed by atoms with Crippen molar-refractivity contribution in [2.45, 2.75) is 18.9 Å². The van der Waals surface area contributed by atoms with Gasteiger partial charge in [-0.3, -0.25) is 9.59 Å². The Bertz CT molecular complexity index is 443. The number of nitrogens with two attached hydrogens (primary N) is 1. The summed E-state index contributed by atoms with van der Waals surface area (Å²) in [6.45, 7) is 0. The minimum absolute atomic E-state index is 0.101. The van der Waals surface area contributed by atoms with E-state index in [0.717, 1.165) is 5.56 Å². The predicted molar refractivity (Wildman–Crippen MR) is 68.1 cm³/mol. The van der Waals surface area contributed by atoms with Crippen LogP contribution in [0.2, 0.25) is 0 Å². The summed E-state index contributed by atoms with van der Waals surface area (Å²) < 4.78 is 5.00. The van der Waals surface area contributed by atoms with Crippen molar-refractivity contribution in [3.8, 4) is 5.75 Å². The number of carboxylic acid groups (broad SMARTS) is 2. The molecule has 0 heterocycles. The standard InChI is InChI=1S/C13H17NO5/c1-19-10-4-2-8(3-5-10)6-9(12(15)16)7-11(14)13(17)18/h2-5,9,11H,6-7,14H2,1H3,(H,15,16)(H,17,18)/t9?,11-/m1/s1. The molecule has 19 heavy (non-hydrogen) atoms. The van der Waals surface area contributed by atoms with Crippen molar-refractivity contribution in [3.05, 3.63) is 29.8 Å². The third-order valence-corrected chi connectivity index (χ3v) is 2.85. The lowest BCUT2D eigenvalue weighted by molar-refractivity contribution is -0.143. The fourth-order valence-corrected chi connectivity index (χ4v) is 1.72. The summed E-state index contributed by atoms with van der Waals surface area (Å²) in [5.74, 6) is -2.38. The van der Waals surface area contributed by atoms with Gasteiger partial charge in [0.05, 0.1) is 13.0 Å². The average Bonchev–Trinajstić information content (AvgIpc) is 2.38. The van der Waals surface area contributed by atoms with Crippen molar-refractivity contribution in [3.63, 3.8) is 0 Å². The molecule has 104 valence electrons. The van der Waals surface area contributed by atoms with E-state index in [-0.39, 0.29) is 12.8 Å². The molecule has 0 aliphatic rings. The van der Waals surface area contributed by atoms with E-state index in [1.54, 1.807) is 31.4 Å². The molecule has 2 atom stereocenters. The topological polar surface area (TPSA) is 110 Å². The molecular formula is C13H17NO5. The second kappa shape index (κ2) is 6.75. The van der Waals surface area contributed by atoms with Gasteiger partial charge in [-0.2, -0.15) is 0 Å². The van der Waals surface area contributed by atoms with Gasteiger partial charge in [-0.25, -0.2) is 0 Å². The molecule has 1 aromatic rings.